The molecular formula is C9H20NO4+. The van der Waals surface area contributed by atoms with Crippen molar-refractivity contribution in [3.63, 3.8) is 0 Å². The van der Waals surface area contributed by atoms with E-state index < -0.39 is 18.4 Å². The van der Waals surface area contributed by atoms with Gasteiger partial charge in [-0.05, 0) is 13.8 Å². The maximum atomic E-state index is 9.43. The van der Waals surface area contributed by atoms with Gasteiger partial charge in [0.05, 0.1) is 27.2 Å². The summed E-state index contributed by atoms with van der Waals surface area (Å²) in [5.41, 5.74) is 0. The molecule has 0 saturated heterocycles. The molecule has 5 heteroatoms. The summed E-state index contributed by atoms with van der Waals surface area (Å²) in [4.78, 5) is 18.9. The molecule has 84 valence electrons. The van der Waals surface area contributed by atoms with Crippen LogP contribution in [0.4, 0.5) is 0 Å². The number of aliphatic carboxylic acids is 2. The molecular weight excluding hydrogens is 186 g/mol. The van der Waals surface area contributed by atoms with E-state index in [0.717, 1.165) is 10.5 Å². The molecule has 0 rings (SSSR count). The normalized spacial score (nSPS) is 10.4. The summed E-state index contributed by atoms with van der Waals surface area (Å²) in [5.74, 6) is -2.62. The molecule has 0 aliphatic rings. The van der Waals surface area contributed by atoms with Gasteiger partial charge in [0.2, 0.25) is 0 Å². The van der Waals surface area contributed by atoms with Crippen molar-refractivity contribution in [2.24, 2.45) is 0 Å². The summed E-state index contributed by atoms with van der Waals surface area (Å²) in [6.45, 7) is 4.44. The smallest absolute Gasteiger partial charge is 0.314 e. The van der Waals surface area contributed by atoms with Crippen LogP contribution in [0.3, 0.4) is 0 Å². The van der Waals surface area contributed by atoms with Crippen LogP contribution in [-0.2, 0) is 9.59 Å². The van der Waals surface area contributed by atoms with E-state index in [9.17, 15) is 9.59 Å². The first kappa shape index (κ1) is 15.4. The molecule has 0 saturated carbocycles. The van der Waals surface area contributed by atoms with Gasteiger partial charge in [0, 0.05) is 0 Å². The van der Waals surface area contributed by atoms with Crippen molar-refractivity contribution in [2.75, 3.05) is 21.1 Å². The maximum Gasteiger partial charge on any atom is 0.314 e. The van der Waals surface area contributed by atoms with Gasteiger partial charge in [-0.3, -0.25) is 9.59 Å². The van der Waals surface area contributed by atoms with Crippen molar-refractivity contribution >= 4 is 11.9 Å². The van der Waals surface area contributed by atoms with E-state index in [1.54, 1.807) is 0 Å². The molecule has 0 aromatic carbocycles. The van der Waals surface area contributed by atoms with Crippen LogP contribution >= 0.6 is 0 Å². The predicted molar refractivity (Wildman–Crippen MR) is 53.1 cm³/mol. The third kappa shape index (κ3) is 13.5. The van der Waals surface area contributed by atoms with Crippen LogP contribution in [0, 0.1) is 0 Å². The number of quaternary nitrogens is 1. The SMILES string of the molecule is CC(C)[N+](C)(C)C.O=C(O)CC(=O)O. The average molecular weight is 206 g/mol. The van der Waals surface area contributed by atoms with Gasteiger partial charge >= 0.3 is 11.9 Å². The first-order valence-electron chi connectivity index (χ1n) is 4.32. The van der Waals surface area contributed by atoms with Crippen LogP contribution in [-0.4, -0.2) is 53.8 Å². The molecule has 0 heterocycles. The lowest BCUT2D eigenvalue weighted by Crippen LogP contribution is -2.41. The lowest BCUT2D eigenvalue weighted by atomic mass is 10.3. The van der Waals surface area contributed by atoms with E-state index >= 15 is 0 Å². The van der Waals surface area contributed by atoms with Gasteiger partial charge in [0.1, 0.15) is 6.42 Å². The number of nitrogens with zero attached hydrogens (tertiary/aromatic N) is 1. The molecule has 0 bridgehead atoms. The molecule has 0 radical (unpaired) electrons. The monoisotopic (exact) mass is 206 g/mol. The fourth-order valence-corrected chi connectivity index (χ4v) is 0.129. The van der Waals surface area contributed by atoms with Gasteiger partial charge in [-0.15, -0.1) is 0 Å². The summed E-state index contributed by atoms with van der Waals surface area (Å²) in [5, 5.41) is 15.4. The quantitative estimate of drug-likeness (QED) is 0.525. The summed E-state index contributed by atoms with van der Waals surface area (Å²) in [7, 11) is 6.60. The second kappa shape index (κ2) is 6.37. The molecule has 0 spiro atoms. The average Bonchev–Trinajstić information content (AvgIpc) is 1.81. The lowest BCUT2D eigenvalue weighted by Gasteiger charge is -2.28. The van der Waals surface area contributed by atoms with Crippen LogP contribution in [0.1, 0.15) is 20.3 Å². The van der Waals surface area contributed by atoms with E-state index in [4.69, 9.17) is 10.2 Å². The number of hydrogen-bond acceptors (Lipinski definition) is 2. The van der Waals surface area contributed by atoms with E-state index in [0.29, 0.717) is 0 Å². The van der Waals surface area contributed by atoms with Crippen molar-refractivity contribution in [1.29, 1.82) is 0 Å². The van der Waals surface area contributed by atoms with E-state index in [1.165, 1.54) is 0 Å². The molecule has 0 aliphatic heterocycles. The zero-order valence-electron chi connectivity index (χ0n) is 9.44. The number of carboxylic acids is 2. The topological polar surface area (TPSA) is 74.6 Å². The van der Waals surface area contributed by atoms with E-state index in [2.05, 4.69) is 35.0 Å². The summed E-state index contributed by atoms with van der Waals surface area (Å²) >= 11 is 0. The van der Waals surface area contributed by atoms with Crippen molar-refractivity contribution in [3.8, 4) is 0 Å². The van der Waals surface area contributed by atoms with E-state index in [1.807, 2.05) is 0 Å². The Labute approximate surface area is 84.5 Å². The molecule has 0 aromatic rings. The van der Waals surface area contributed by atoms with Crippen LogP contribution in [0.25, 0.3) is 0 Å². The Bertz CT molecular complexity index is 181. The highest BCUT2D eigenvalue weighted by molar-refractivity contribution is 5.88. The van der Waals surface area contributed by atoms with Crippen molar-refractivity contribution in [1.82, 2.24) is 0 Å². The maximum absolute atomic E-state index is 9.43. The summed E-state index contributed by atoms with van der Waals surface area (Å²) in [6.07, 6.45) is -0.806. The second-order valence-corrected chi connectivity index (χ2v) is 4.17. The molecule has 0 unspecified atom stereocenters. The Hall–Kier alpha value is -1.10. The minimum atomic E-state index is -1.31. The lowest BCUT2D eigenvalue weighted by molar-refractivity contribution is -0.891. The Morgan fingerprint density at radius 2 is 1.29 bits per heavy atom. The largest absolute Gasteiger partial charge is 0.481 e. The van der Waals surface area contributed by atoms with Crippen LogP contribution in [0.15, 0.2) is 0 Å². The van der Waals surface area contributed by atoms with Gasteiger partial charge in [-0.25, -0.2) is 0 Å². The molecule has 0 atom stereocenters. The van der Waals surface area contributed by atoms with Crippen LogP contribution in [0.5, 0.6) is 0 Å². The van der Waals surface area contributed by atoms with Gasteiger partial charge in [0.25, 0.3) is 0 Å². The zero-order valence-corrected chi connectivity index (χ0v) is 9.44. The molecule has 0 aliphatic carbocycles. The van der Waals surface area contributed by atoms with Gasteiger partial charge < -0.3 is 14.7 Å². The third-order valence-corrected chi connectivity index (χ3v) is 1.85. The van der Waals surface area contributed by atoms with Crippen molar-refractivity contribution in [3.05, 3.63) is 0 Å². The Balaban J connectivity index is 0. The zero-order chi connectivity index (χ0) is 11.9. The van der Waals surface area contributed by atoms with Crippen molar-refractivity contribution < 1.29 is 24.3 Å². The number of rotatable bonds is 3. The van der Waals surface area contributed by atoms with E-state index in [-0.39, 0.29) is 0 Å². The number of carboxylic acid groups (broad SMARTS) is 2. The molecule has 0 amide bonds. The molecule has 5 nitrogen and oxygen atoms in total. The Kier molecular flexibility index (Phi) is 6.99. The first-order chi connectivity index (χ1) is 6.07. The van der Waals surface area contributed by atoms with Gasteiger partial charge in [-0.2, -0.15) is 0 Å². The van der Waals surface area contributed by atoms with Crippen molar-refractivity contribution in [2.45, 2.75) is 26.3 Å². The Morgan fingerprint density at radius 3 is 1.29 bits per heavy atom. The minimum Gasteiger partial charge on any atom is -0.481 e. The minimum absolute atomic E-state index is 0.736. The third-order valence-electron chi connectivity index (χ3n) is 1.85. The molecule has 2 N–H and O–H groups in total. The van der Waals surface area contributed by atoms with Gasteiger partial charge in [-0.1, -0.05) is 0 Å². The fourth-order valence-electron chi connectivity index (χ4n) is 0.129. The standard InChI is InChI=1S/C6H16N.C3H4O4/c1-6(2)7(3,4)5;4-2(5)1-3(6)7/h6H,1-5H3;1H2,(H,4,5)(H,6,7)/q+1;. The highest BCUT2D eigenvalue weighted by atomic mass is 16.4. The molecule has 14 heavy (non-hydrogen) atoms. The van der Waals surface area contributed by atoms with Gasteiger partial charge in [0.15, 0.2) is 0 Å². The molecule has 0 fully saturated rings. The van der Waals surface area contributed by atoms with Crippen LogP contribution < -0.4 is 0 Å². The summed E-state index contributed by atoms with van der Waals surface area (Å²) in [6, 6.07) is 0.736. The second-order valence-electron chi connectivity index (χ2n) is 4.17. The molecule has 0 aromatic heterocycles. The predicted octanol–water partition coefficient (Wildman–Crippen LogP) is 0.647. The highest BCUT2D eigenvalue weighted by Crippen LogP contribution is 1.97. The fraction of sp³-hybridized carbons (Fsp3) is 0.778. The summed E-state index contributed by atoms with van der Waals surface area (Å²) < 4.78 is 1.06. The van der Waals surface area contributed by atoms with Crippen LogP contribution in [0.2, 0.25) is 0 Å². The Morgan fingerprint density at radius 1 is 1.07 bits per heavy atom. The first-order valence-corrected chi connectivity index (χ1v) is 4.32. The number of hydrogen-bond donors (Lipinski definition) is 2. The number of carbonyl (C=O) groups is 2. The highest BCUT2D eigenvalue weighted by Gasteiger charge is 2.10.